The molecule has 0 radical (unpaired) electrons. The zero-order valence-corrected chi connectivity index (χ0v) is 10.6. The van der Waals surface area contributed by atoms with E-state index in [1.165, 1.54) is 19.1 Å². The molecular weight excluding hydrogens is 281 g/mol. The van der Waals surface area contributed by atoms with Gasteiger partial charge in [-0.05, 0) is 19.1 Å². The predicted octanol–water partition coefficient (Wildman–Crippen LogP) is 2.06. The molecule has 0 saturated carbocycles. The van der Waals surface area contributed by atoms with E-state index in [4.69, 9.17) is 28.3 Å². The highest BCUT2D eigenvalue weighted by atomic mass is 35.5. The van der Waals surface area contributed by atoms with Crippen LogP contribution in [-0.2, 0) is 4.79 Å². The lowest BCUT2D eigenvalue weighted by Gasteiger charge is -2.17. The lowest BCUT2D eigenvalue weighted by molar-refractivity contribution is -0.140. The van der Waals surface area contributed by atoms with Gasteiger partial charge in [-0.3, -0.25) is 14.5 Å². The molecule has 1 heterocycles. The fraction of sp³-hybridized carbons (Fsp3) is 0.182. The third-order valence-corrected chi connectivity index (χ3v) is 3.43. The van der Waals surface area contributed by atoms with E-state index in [0.717, 1.165) is 0 Å². The summed E-state index contributed by atoms with van der Waals surface area (Å²) in [6.07, 6.45) is 0. The van der Waals surface area contributed by atoms with Gasteiger partial charge in [0.2, 0.25) is 0 Å². The molecular formula is C11H7Cl2NO4. The van der Waals surface area contributed by atoms with Crippen molar-refractivity contribution in [2.24, 2.45) is 0 Å². The number of imide groups is 1. The van der Waals surface area contributed by atoms with Crippen LogP contribution in [0.5, 0.6) is 0 Å². The maximum Gasteiger partial charge on any atom is 0.326 e. The second-order valence-corrected chi connectivity index (χ2v) is 4.62. The third kappa shape index (κ3) is 1.76. The summed E-state index contributed by atoms with van der Waals surface area (Å²) in [6.45, 7) is 1.26. The largest absolute Gasteiger partial charge is 0.480 e. The number of amides is 2. The highest BCUT2D eigenvalue weighted by molar-refractivity contribution is 6.43. The monoisotopic (exact) mass is 287 g/mol. The summed E-state index contributed by atoms with van der Waals surface area (Å²) in [6, 6.07) is 1.30. The number of carbonyl (C=O) groups is 3. The highest BCUT2D eigenvalue weighted by Gasteiger charge is 2.41. The Balaban J connectivity index is 2.54. The van der Waals surface area contributed by atoms with Gasteiger partial charge in [-0.2, -0.15) is 0 Å². The number of benzene rings is 1. The number of halogens is 2. The van der Waals surface area contributed by atoms with Crippen LogP contribution in [0.3, 0.4) is 0 Å². The minimum absolute atomic E-state index is 0.0718. The summed E-state index contributed by atoms with van der Waals surface area (Å²) in [7, 11) is 0. The Labute approximate surface area is 112 Å². The quantitative estimate of drug-likeness (QED) is 0.845. The van der Waals surface area contributed by atoms with Gasteiger partial charge in [0.1, 0.15) is 6.04 Å². The van der Waals surface area contributed by atoms with Crippen molar-refractivity contribution in [3.8, 4) is 0 Å². The molecule has 1 N–H and O–H groups in total. The first-order chi connectivity index (χ1) is 8.34. The molecule has 2 rings (SSSR count). The minimum atomic E-state index is -1.26. The fourth-order valence-electron chi connectivity index (χ4n) is 1.71. The van der Waals surface area contributed by atoms with Crippen LogP contribution in [0.4, 0.5) is 0 Å². The molecule has 0 fully saturated rings. The van der Waals surface area contributed by atoms with E-state index < -0.39 is 23.8 Å². The number of hydrogen-bond donors (Lipinski definition) is 1. The van der Waals surface area contributed by atoms with Gasteiger partial charge in [-0.25, -0.2) is 4.79 Å². The predicted molar refractivity (Wildman–Crippen MR) is 64.1 cm³/mol. The Kier molecular flexibility index (Phi) is 3.04. The van der Waals surface area contributed by atoms with E-state index in [1.54, 1.807) is 0 Å². The number of carboxylic acid groups (broad SMARTS) is 1. The molecule has 0 aliphatic carbocycles. The first kappa shape index (κ1) is 12.9. The van der Waals surface area contributed by atoms with Crippen molar-refractivity contribution in [1.82, 2.24) is 4.90 Å². The van der Waals surface area contributed by atoms with Crippen LogP contribution in [0.15, 0.2) is 12.1 Å². The summed E-state index contributed by atoms with van der Waals surface area (Å²) < 4.78 is 0. The molecule has 94 valence electrons. The topological polar surface area (TPSA) is 74.7 Å². The van der Waals surface area contributed by atoms with Crippen molar-refractivity contribution in [3.05, 3.63) is 33.3 Å². The van der Waals surface area contributed by atoms with Crippen molar-refractivity contribution in [3.63, 3.8) is 0 Å². The molecule has 1 aliphatic heterocycles. The third-order valence-electron chi connectivity index (χ3n) is 2.70. The fourth-order valence-corrected chi connectivity index (χ4v) is 2.04. The molecule has 2 amide bonds. The molecule has 18 heavy (non-hydrogen) atoms. The maximum absolute atomic E-state index is 12.0. The van der Waals surface area contributed by atoms with Crippen molar-refractivity contribution >= 4 is 41.0 Å². The van der Waals surface area contributed by atoms with Crippen LogP contribution in [0.2, 0.25) is 10.0 Å². The van der Waals surface area contributed by atoms with Gasteiger partial charge >= 0.3 is 5.97 Å². The molecule has 7 heteroatoms. The number of nitrogens with zero attached hydrogens (tertiary/aromatic N) is 1. The number of aliphatic carboxylic acids is 1. The first-order valence-corrected chi connectivity index (χ1v) is 5.70. The number of carboxylic acids is 1. The van der Waals surface area contributed by atoms with Crippen LogP contribution in [0.1, 0.15) is 27.6 Å². The van der Waals surface area contributed by atoms with Gasteiger partial charge in [0.25, 0.3) is 11.8 Å². The number of carbonyl (C=O) groups excluding carboxylic acids is 2. The van der Waals surface area contributed by atoms with Crippen molar-refractivity contribution < 1.29 is 19.5 Å². The number of fused-ring (bicyclic) bond motifs is 1. The molecule has 1 aromatic carbocycles. The minimum Gasteiger partial charge on any atom is -0.480 e. The first-order valence-electron chi connectivity index (χ1n) is 4.94. The second kappa shape index (κ2) is 4.26. The molecule has 0 spiro atoms. The highest BCUT2D eigenvalue weighted by Crippen LogP contribution is 2.32. The van der Waals surface area contributed by atoms with Gasteiger partial charge in [0, 0.05) is 0 Å². The SMILES string of the molecule is C[C@@H](C(=O)O)N1C(=O)c2cc(Cl)c(Cl)cc2C1=O. The normalized spacial score (nSPS) is 15.8. The Morgan fingerprint density at radius 2 is 1.56 bits per heavy atom. The van der Waals surface area contributed by atoms with E-state index >= 15 is 0 Å². The van der Waals surface area contributed by atoms with Gasteiger partial charge in [-0.15, -0.1) is 0 Å². The second-order valence-electron chi connectivity index (χ2n) is 3.81. The van der Waals surface area contributed by atoms with E-state index in [9.17, 15) is 14.4 Å². The standard InChI is InChI=1S/C11H7Cl2NO4/c1-4(11(17)18)14-9(15)5-2-7(12)8(13)3-6(5)10(14)16/h2-4H,1H3,(H,17,18)/t4-/m0/s1. The molecule has 1 aromatic rings. The number of hydrogen-bond acceptors (Lipinski definition) is 3. The van der Waals surface area contributed by atoms with Crippen LogP contribution >= 0.6 is 23.2 Å². The van der Waals surface area contributed by atoms with Crippen molar-refractivity contribution in [1.29, 1.82) is 0 Å². The Bertz CT molecular complexity index is 544. The maximum atomic E-state index is 12.0. The van der Waals surface area contributed by atoms with Gasteiger partial charge in [0.15, 0.2) is 0 Å². The van der Waals surface area contributed by atoms with Crippen molar-refractivity contribution in [2.45, 2.75) is 13.0 Å². The molecule has 1 atom stereocenters. The van der Waals surface area contributed by atoms with Crippen LogP contribution in [-0.4, -0.2) is 33.8 Å². The lowest BCUT2D eigenvalue weighted by atomic mass is 10.1. The average Bonchev–Trinajstić information content (AvgIpc) is 2.52. The molecule has 5 nitrogen and oxygen atoms in total. The molecule has 0 unspecified atom stereocenters. The van der Waals surface area contributed by atoms with Crippen molar-refractivity contribution in [2.75, 3.05) is 0 Å². The van der Waals surface area contributed by atoms with E-state index in [1.807, 2.05) is 0 Å². The van der Waals surface area contributed by atoms with Crippen LogP contribution in [0, 0.1) is 0 Å². The molecule has 0 saturated heterocycles. The molecule has 0 aromatic heterocycles. The zero-order valence-electron chi connectivity index (χ0n) is 9.11. The van der Waals surface area contributed by atoms with Gasteiger partial charge < -0.3 is 5.11 Å². The Hall–Kier alpha value is -1.59. The number of rotatable bonds is 2. The summed E-state index contributed by atoms with van der Waals surface area (Å²) in [5.74, 6) is -2.62. The Morgan fingerprint density at radius 1 is 1.17 bits per heavy atom. The summed E-state index contributed by atoms with van der Waals surface area (Å²) >= 11 is 11.5. The average molecular weight is 288 g/mol. The lowest BCUT2D eigenvalue weighted by Crippen LogP contribution is -2.42. The van der Waals surface area contributed by atoms with Gasteiger partial charge in [0.05, 0.1) is 21.2 Å². The van der Waals surface area contributed by atoms with E-state index in [0.29, 0.717) is 4.90 Å². The van der Waals surface area contributed by atoms with E-state index in [2.05, 4.69) is 0 Å². The van der Waals surface area contributed by atoms with Gasteiger partial charge in [-0.1, -0.05) is 23.2 Å². The van der Waals surface area contributed by atoms with E-state index in [-0.39, 0.29) is 21.2 Å². The smallest absolute Gasteiger partial charge is 0.326 e. The molecule has 0 bridgehead atoms. The molecule has 1 aliphatic rings. The Morgan fingerprint density at radius 3 is 1.89 bits per heavy atom. The van der Waals surface area contributed by atoms with Crippen LogP contribution < -0.4 is 0 Å². The summed E-state index contributed by atoms with van der Waals surface area (Å²) in [4.78, 5) is 35.5. The summed E-state index contributed by atoms with van der Waals surface area (Å²) in [5.41, 5.74) is 0.144. The van der Waals surface area contributed by atoms with Crippen LogP contribution in [0.25, 0.3) is 0 Å². The zero-order chi connectivity index (χ0) is 13.6. The summed E-state index contributed by atoms with van der Waals surface area (Å²) in [5, 5.41) is 9.15.